The van der Waals surface area contributed by atoms with E-state index < -0.39 is 16.1 Å². The molecule has 0 amide bonds. The Kier molecular flexibility index (Phi) is 5.45. The molecule has 1 heterocycles. The van der Waals surface area contributed by atoms with Crippen molar-refractivity contribution in [3.05, 3.63) is 95.1 Å². The highest BCUT2D eigenvalue weighted by Gasteiger charge is 2.41. The number of aryl methyl sites for hydroxylation is 1. The van der Waals surface area contributed by atoms with Crippen LogP contribution in [0, 0.1) is 6.92 Å². The van der Waals surface area contributed by atoms with E-state index >= 15 is 0 Å². The molecule has 5 nitrogen and oxygen atoms in total. The summed E-state index contributed by atoms with van der Waals surface area (Å²) in [7, 11) is -2.32. The average molecular weight is 422 g/mol. The van der Waals surface area contributed by atoms with Gasteiger partial charge in [0.05, 0.1) is 12.0 Å². The first-order valence-electron chi connectivity index (χ1n) is 9.76. The maximum atomic E-state index is 13.6. The summed E-state index contributed by atoms with van der Waals surface area (Å²) in [5.74, 6) is 0.342. The molecule has 4 rings (SSSR count). The fraction of sp³-hybridized carbons (Fsp3) is 0.208. The minimum atomic E-state index is -3.87. The largest absolute Gasteiger partial charge is 0.497 e. The topological polar surface area (TPSA) is 63.7 Å². The Morgan fingerprint density at radius 1 is 1.00 bits per heavy atom. The zero-order valence-corrected chi connectivity index (χ0v) is 17.7. The van der Waals surface area contributed by atoms with Crippen LogP contribution in [0.2, 0.25) is 0 Å². The average Bonchev–Trinajstić information content (AvgIpc) is 2.78. The Balaban J connectivity index is 1.86. The highest BCUT2D eigenvalue weighted by Crippen LogP contribution is 2.38. The van der Waals surface area contributed by atoms with Crippen molar-refractivity contribution in [2.24, 2.45) is 0 Å². The molecule has 1 unspecified atom stereocenters. The number of carbonyl (C=O) groups is 1. The second kappa shape index (κ2) is 8.05. The number of fused-ring (bicyclic) bond motifs is 1. The van der Waals surface area contributed by atoms with Crippen LogP contribution in [0.15, 0.2) is 77.7 Å². The molecule has 0 aromatic heterocycles. The van der Waals surface area contributed by atoms with Gasteiger partial charge in [-0.15, -0.1) is 0 Å². The Bertz CT molecular complexity index is 1170. The third kappa shape index (κ3) is 3.64. The molecule has 0 bridgehead atoms. The summed E-state index contributed by atoms with van der Waals surface area (Å²) in [6.45, 7) is 2.14. The Morgan fingerprint density at radius 2 is 1.70 bits per heavy atom. The molecule has 3 aromatic rings. The van der Waals surface area contributed by atoms with Crippen LogP contribution in [0.1, 0.15) is 33.1 Å². The van der Waals surface area contributed by atoms with Crippen molar-refractivity contribution in [3.8, 4) is 5.75 Å². The lowest BCUT2D eigenvalue weighted by Crippen LogP contribution is -2.43. The van der Waals surface area contributed by atoms with Crippen LogP contribution in [-0.2, 0) is 16.4 Å². The molecule has 0 fully saturated rings. The molecular formula is C24H23NO4S. The summed E-state index contributed by atoms with van der Waals surface area (Å²) in [5.41, 5.74) is 3.08. The zero-order valence-electron chi connectivity index (χ0n) is 16.9. The molecule has 0 saturated carbocycles. The fourth-order valence-electron chi connectivity index (χ4n) is 3.83. The molecule has 1 atom stereocenters. The van der Waals surface area contributed by atoms with E-state index in [0.717, 1.165) is 11.1 Å². The van der Waals surface area contributed by atoms with Crippen molar-refractivity contribution >= 4 is 15.8 Å². The Morgan fingerprint density at radius 3 is 2.37 bits per heavy atom. The summed E-state index contributed by atoms with van der Waals surface area (Å²) < 4.78 is 33.8. The fourth-order valence-corrected chi connectivity index (χ4v) is 5.40. The van der Waals surface area contributed by atoms with Crippen LogP contribution in [0.25, 0.3) is 0 Å². The first-order chi connectivity index (χ1) is 14.4. The van der Waals surface area contributed by atoms with Gasteiger partial charge in [-0.05, 0) is 48.7 Å². The monoisotopic (exact) mass is 421 g/mol. The van der Waals surface area contributed by atoms with E-state index in [-0.39, 0.29) is 17.2 Å². The molecular weight excluding hydrogens is 398 g/mol. The van der Waals surface area contributed by atoms with Crippen LogP contribution in [0.5, 0.6) is 5.75 Å². The van der Waals surface area contributed by atoms with E-state index in [1.54, 1.807) is 61.7 Å². The number of ketones is 1. The molecule has 0 radical (unpaired) electrons. The van der Waals surface area contributed by atoms with Crippen molar-refractivity contribution in [1.29, 1.82) is 0 Å². The van der Waals surface area contributed by atoms with Gasteiger partial charge in [0.15, 0.2) is 5.78 Å². The van der Waals surface area contributed by atoms with Gasteiger partial charge < -0.3 is 4.74 Å². The summed E-state index contributed by atoms with van der Waals surface area (Å²) in [6, 6.07) is 20.1. The van der Waals surface area contributed by atoms with Crippen LogP contribution >= 0.6 is 0 Å². The molecule has 3 aromatic carbocycles. The van der Waals surface area contributed by atoms with E-state index in [1.165, 1.54) is 4.31 Å². The zero-order chi connectivity index (χ0) is 21.3. The lowest BCUT2D eigenvalue weighted by Gasteiger charge is -2.35. The van der Waals surface area contributed by atoms with Crippen LogP contribution in [0.3, 0.4) is 0 Å². The molecule has 0 saturated heterocycles. The number of sulfonamides is 1. The number of rotatable bonds is 5. The molecule has 30 heavy (non-hydrogen) atoms. The summed E-state index contributed by atoms with van der Waals surface area (Å²) in [4.78, 5) is 13.7. The molecule has 154 valence electrons. The second-order valence-corrected chi connectivity index (χ2v) is 9.27. The van der Waals surface area contributed by atoms with Crippen molar-refractivity contribution < 1.29 is 17.9 Å². The smallest absolute Gasteiger partial charge is 0.244 e. The van der Waals surface area contributed by atoms with Crippen molar-refractivity contribution in [1.82, 2.24) is 4.31 Å². The molecule has 1 aliphatic rings. The van der Waals surface area contributed by atoms with Gasteiger partial charge in [0, 0.05) is 12.1 Å². The molecule has 6 heteroatoms. The van der Waals surface area contributed by atoms with Gasteiger partial charge in [-0.1, -0.05) is 54.1 Å². The second-order valence-electron chi connectivity index (χ2n) is 7.38. The number of hydrogen-bond donors (Lipinski definition) is 0. The summed E-state index contributed by atoms with van der Waals surface area (Å²) >= 11 is 0. The predicted molar refractivity (Wildman–Crippen MR) is 115 cm³/mol. The van der Waals surface area contributed by atoms with Crippen LogP contribution in [0.4, 0.5) is 0 Å². The number of Topliss-reactive ketones (excluding diaryl/α,β-unsaturated/α-hetero) is 1. The number of nitrogens with zero attached hydrogens (tertiary/aromatic N) is 1. The summed E-state index contributed by atoms with van der Waals surface area (Å²) in [5, 5.41) is 0. The molecule has 0 spiro atoms. The highest BCUT2D eigenvalue weighted by atomic mass is 32.2. The third-order valence-corrected chi connectivity index (χ3v) is 7.35. The SMILES string of the molecule is COc1ccc2c(c1)C(C(=O)c1ccccc1)N(S(=O)(=O)c1ccc(C)cc1)CC2. The van der Waals surface area contributed by atoms with E-state index in [1.807, 2.05) is 25.1 Å². The van der Waals surface area contributed by atoms with Gasteiger partial charge in [0.1, 0.15) is 11.8 Å². The van der Waals surface area contributed by atoms with E-state index in [0.29, 0.717) is 23.3 Å². The number of methoxy groups -OCH3 is 1. The lowest BCUT2D eigenvalue weighted by atomic mass is 9.89. The predicted octanol–water partition coefficient (Wildman–Crippen LogP) is 4.17. The number of ether oxygens (including phenoxy) is 1. The maximum absolute atomic E-state index is 13.6. The van der Waals surface area contributed by atoms with E-state index in [4.69, 9.17) is 4.74 Å². The van der Waals surface area contributed by atoms with Gasteiger partial charge >= 0.3 is 0 Å². The number of hydrogen-bond acceptors (Lipinski definition) is 4. The third-order valence-electron chi connectivity index (χ3n) is 5.47. The van der Waals surface area contributed by atoms with E-state index in [9.17, 15) is 13.2 Å². The summed E-state index contributed by atoms with van der Waals surface area (Å²) in [6.07, 6.45) is 0.531. The Hall–Kier alpha value is -2.96. The van der Waals surface area contributed by atoms with Gasteiger partial charge in [0.25, 0.3) is 0 Å². The van der Waals surface area contributed by atoms with Gasteiger partial charge in [-0.3, -0.25) is 4.79 Å². The van der Waals surface area contributed by atoms with Gasteiger partial charge in [-0.25, -0.2) is 8.42 Å². The minimum Gasteiger partial charge on any atom is -0.497 e. The lowest BCUT2D eigenvalue weighted by molar-refractivity contribution is 0.0886. The quantitative estimate of drug-likeness (QED) is 0.580. The minimum absolute atomic E-state index is 0.185. The molecule has 1 aliphatic heterocycles. The van der Waals surface area contributed by atoms with Crippen molar-refractivity contribution in [3.63, 3.8) is 0 Å². The first kappa shape index (κ1) is 20.3. The van der Waals surface area contributed by atoms with Crippen LogP contribution < -0.4 is 4.74 Å². The highest BCUT2D eigenvalue weighted by molar-refractivity contribution is 7.89. The normalized spacial score (nSPS) is 16.7. The maximum Gasteiger partial charge on any atom is 0.244 e. The molecule has 0 aliphatic carbocycles. The molecule has 0 N–H and O–H groups in total. The van der Waals surface area contributed by atoms with Crippen LogP contribution in [-0.4, -0.2) is 32.2 Å². The number of carbonyl (C=O) groups excluding carboxylic acids is 1. The standard InChI is InChI=1S/C24H23NO4S/c1-17-8-12-21(13-9-17)30(27,28)25-15-14-18-10-11-20(29-2)16-22(18)23(25)24(26)19-6-4-3-5-7-19/h3-13,16,23H,14-15H2,1-2H3. The van der Waals surface area contributed by atoms with Crippen molar-refractivity contribution in [2.45, 2.75) is 24.3 Å². The van der Waals surface area contributed by atoms with Gasteiger partial charge in [0.2, 0.25) is 10.0 Å². The van der Waals surface area contributed by atoms with E-state index in [2.05, 4.69) is 0 Å². The first-order valence-corrected chi connectivity index (χ1v) is 11.2. The van der Waals surface area contributed by atoms with Gasteiger partial charge in [-0.2, -0.15) is 4.31 Å². The Labute approximate surface area is 177 Å². The number of benzene rings is 3. The van der Waals surface area contributed by atoms with Crippen molar-refractivity contribution in [2.75, 3.05) is 13.7 Å².